The van der Waals surface area contributed by atoms with Crippen LogP contribution in [0, 0.1) is 18.3 Å². The highest BCUT2D eigenvalue weighted by atomic mass is 16.5. The second kappa shape index (κ2) is 6.09. The largest absolute Gasteiger partial charge is 0.497 e. The molecule has 5 nitrogen and oxygen atoms in total. The fourth-order valence-corrected chi connectivity index (χ4v) is 2.85. The molecule has 1 N–H and O–H groups in total. The van der Waals surface area contributed by atoms with E-state index in [2.05, 4.69) is 4.98 Å². The fraction of sp³-hybridized carbons (Fsp3) is 0.158. The molecule has 3 rings (SSSR count). The van der Waals surface area contributed by atoms with E-state index in [9.17, 15) is 10.1 Å². The summed E-state index contributed by atoms with van der Waals surface area (Å²) in [5, 5.41) is 11.3. The van der Waals surface area contributed by atoms with E-state index in [1.165, 1.54) is 0 Å². The van der Waals surface area contributed by atoms with Gasteiger partial charge < -0.3 is 14.5 Å². The number of nitrogens with one attached hydrogen (secondary N) is 1. The van der Waals surface area contributed by atoms with Gasteiger partial charge in [-0.2, -0.15) is 5.26 Å². The minimum atomic E-state index is -0.408. The standard InChI is InChI=1S/C19H16N2O3/c1-11-8-15(16(10-20)19(22)21-11)18-14-9-13(23-2)6-4-12(14)5-7-17(18)24-3/h4-9H,1-3H3,(H,21,22). The number of nitrogens with zero attached hydrogens (tertiary/aromatic N) is 1. The average molecular weight is 320 g/mol. The van der Waals surface area contributed by atoms with Gasteiger partial charge in [0.1, 0.15) is 23.1 Å². The molecule has 0 saturated heterocycles. The Hall–Kier alpha value is -3.26. The zero-order valence-corrected chi connectivity index (χ0v) is 13.6. The smallest absolute Gasteiger partial charge is 0.266 e. The Kier molecular flexibility index (Phi) is 3.97. The van der Waals surface area contributed by atoms with E-state index < -0.39 is 5.56 Å². The molecular formula is C19H16N2O3. The molecule has 0 aliphatic rings. The van der Waals surface area contributed by atoms with Crippen molar-refractivity contribution in [3.8, 4) is 28.7 Å². The second-order valence-corrected chi connectivity index (χ2v) is 5.41. The van der Waals surface area contributed by atoms with Crippen LogP contribution in [-0.2, 0) is 0 Å². The molecule has 0 fully saturated rings. The molecule has 0 aliphatic carbocycles. The Morgan fingerprint density at radius 2 is 1.83 bits per heavy atom. The van der Waals surface area contributed by atoms with Crippen molar-refractivity contribution in [2.45, 2.75) is 6.92 Å². The maximum atomic E-state index is 12.2. The van der Waals surface area contributed by atoms with Crippen LogP contribution in [0.1, 0.15) is 11.3 Å². The first-order valence-electron chi connectivity index (χ1n) is 7.38. The maximum absolute atomic E-state index is 12.2. The molecule has 0 saturated carbocycles. The van der Waals surface area contributed by atoms with Gasteiger partial charge in [0.2, 0.25) is 0 Å². The summed E-state index contributed by atoms with van der Waals surface area (Å²) >= 11 is 0. The first-order valence-corrected chi connectivity index (χ1v) is 7.38. The number of aromatic nitrogens is 1. The van der Waals surface area contributed by atoms with Gasteiger partial charge in [-0.1, -0.05) is 12.1 Å². The first-order chi connectivity index (χ1) is 11.6. The van der Waals surface area contributed by atoms with E-state index in [1.54, 1.807) is 27.2 Å². The van der Waals surface area contributed by atoms with Gasteiger partial charge in [0.15, 0.2) is 0 Å². The lowest BCUT2D eigenvalue weighted by molar-refractivity contribution is 0.414. The van der Waals surface area contributed by atoms with Crippen LogP contribution >= 0.6 is 0 Å². The van der Waals surface area contributed by atoms with Gasteiger partial charge in [-0.3, -0.25) is 4.79 Å². The molecule has 1 heterocycles. The van der Waals surface area contributed by atoms with Gasteiger partial charge in [-0.15, -0.1) is 0 Å². The van der Waals surface area contributed by atoms with E-state index in [1.807, 2.05) is 36.4 Å². The van der Waals surface area contributed by atoms with E-state index in [4.69, 9.17) is 9.47 Å². The van der Waals surface area contributed by atoms with Gasteiger partial charge in [0.25, 0.3) is 5.56 Å². The van der Waals surface area contributed by atoms with Crippen molar-refractivity contribution in [3.63, 3.8) is 0 Å². The van der Waals surface area contributed by atoms with E-state index >= 15 is 0 Å². The zero-order valence-electron chi connectivity index (χ0n) is 13.6. The van der Waals surface area contributed by atoms with Crippen molar-refractivity contribution in [3.05, 3.63) is 58.0 Å². The van der Waals surface area contributed by atoms with Crippen molar-refractivity contribution < 1.29 is 9.47 Å². The zero-order chi connectivity index (χ0) is 17.3. The topological polar surface area (TPSA) is 75.1 Å². The molecule has 2 aromatic carbocycles. The highest BCUT2D eigenvalue weighted by molar-refractivity contribution is 6.01. The van der Waals surface area contributed by atoms with Crippen molar-refractivity contribution in [2.75, 3.05) is 14.2 Å². The third-order valence-electron chi connectivity index (χ3n) is 3.96. The number of benzene rings is 2. The van der Waals surface area contributed by atoms with Gasteiger partial charge in [0, 0.05) is 16.8 Å². The predicted molar refractivity (Wildman–Crippen MR) is 92.6 cm³/mol. The third-order valence-corrected chi connectivity index (χ3v) is 3.96. The second-order valence-electron chi connectivity index (χ2n) is 5.41. The number of H-pyrrole nitrogens is 1. The van der Waals surface area contributed by atoms with Gasteiger partial charge in [-0.25, -0.2) is 0 Å². The number of pyridine rings is 1. The molecule has 3 aromatic rings. The number of rotatable bonds is 3. The number of ether oxygens (including phenoxy) is 2. The number of hydrogen-bond acceptors (Lipinski definition) is 4. The number of fused-ring (bicyclic) bond motifs is 1. The summed E-state index contributed by atoms with van der Waals surface area (Å²) in [5.41, 5.74) is 1.59. The summed E-state index contributed by atoms with van der Waals surface area (Å²) in [4.78, 5) is 14.8. The van der Waals surface area contributed by atoms with Crippen molar-refractivity contribution in [2.24, 2.45) is 0 Å². The van der Waals surface area contributed by atoms with Crippen molar-refractivity contribution in [1.82, 2.24) is 4.98 Å². The highest BCUT2D eigenvalue weighted by Gasteiger charge is 2.17. The molecule has 1 aromatic heterocycles. The van der Waals surface area contributed by atoms with Crippen LogP contribution in [0.3, 0.4) is 0 Å². The lowest BCUT2D eigenvalue weighted by Crippen LogP contribution is -2.13. The Labute approximate surface area is 139 Å². The number of methoxy groups -OCH3 is 2. The van der Waals surface area contributed by atoms with Crippen LogP contribution in [0.25, 0.3) is 21.9 Å². The summed E-state index contributed by atoms with van der Waals surface area (Å²) < 4.78 is 10.8. The van der Waals surface area contributed by atoms with Gasteiger partial charge in [0.05, 0.1) is 14.2 Å². The molecule has 0 unspecified atom stereocenters. The number of aryl methyl sites for hydroxylation is 1. The maximum Gasteiger partial charge on any atom is 0.266 e. The molecule has 0 amide bonds. The molecule has 0 bridgehead atoms. The Bertz CT molecular complexity index is 1020. The minimum Gasteiger partial charge on any atom is -0.497 e. The predicted octanol–water partition coefficient (Wildman–Crippen LogP) is 3.39. The Balaban J connectivity index is 2.49. The summed E-state index contributed by atoms with van der Waals surface area (Å²) in [6, 6.07) is 13.2. The highest BCUT2D eigenvalue weighted by Crippen LogP contribution is 2.39. The summed E-state index contributed by atoms with van der Waals surface area (Å²) in [6.45, 7) is 1.78. The van der Waals surface area contributed by atoms with E-state index in [-0.39, 0.29) is 5.56 Å². The summed E-state index contributed by atoms with van der Waals surface area (Å²) in [6.07, 6.45) is 0. The number of hydrogen-bond donors (Lipinski definition) is 1. The summed E-state index contributed by atoms with van der Waals surface area (Å²) in [5.74, 6) is 1.29. The van der Waals surface area contributed by atoms with Gasteiger partial charge in [-0.05, 0) is 42.0 Å². The molecule has 0 radical (unpaired) electrons. The lowest BCUT2D eigenvalue weighted by Gasteiger charge is -2.14. The minimum absolute atomic E-state index is 0.0641. The van der Waals surface area contributed by atoms with Crippen molar-refractivity contribution in [1.29, 1.82) is 5.26 Å². The molecule has 5 heteroatoms. The molecule has 0 aliphatic heterocycles. The van der Waals surface area contributed by atoms with Crippen LogP contribution < -0.4 is 15.0 Å². The molecule has 0 atom stereocenters. The lowest BCUT2D eigenvalue weighted by atomic mass is 9.94. The Morgan fingerprint density at radius 3 is 2.50 bits per heavy atom. The Morgan fingerprint density at radius 1 is 1.08 bits per heavy atom. The van der Waals surface area contributed by atoms with Gasteiger partial charge >= 0.3 is 0 Å². The van der Waals surface area contributed by atoms with Crippen molar-refractivity contribution >= 4 is 10.8 Å². The molecule has 24 heavy (non-hydrogen) atoms. The molecule has 120 valence electrons. The quantitative estimate of drug-likeness (QED) is 0.802. The average Bonchev–Trinajstić information content (AvgIpc) is 2.59. The van der Waals surface area contributed by atoms with E-state index in [0.717, 1.165) is 10.8 Å². The van der Waals surface area contributed by atoms with Crippen LogP contribution in [0.15, 0.2) is 41.2 Å². The number of nitriles is 1. The van der Waals surface area contributed by atoms with E-state index in [0.29, 0.717) is 28.3 Å². The van der Waals surface area contributed by atoms with Crippen LogP contribution in [-0.4, -0.2) is 19.2 Å². The van der Waals surface area contributed by atoms with Crippen LogP contribution in [0.2, 0.25) is 0 Å². The van der Waals surface area contributed by atoms with Crippen LogP contribution in [0.4, 0.5) is 0 Å². The fourth-order valence-electron chi connectivity index (χ4n) is 2.85. The monoisotopic (exact) mass is 320 g/mol. The first kappa shape index (κ1) is 15.6. The normalized spacial score (nSPS) is 10.4. The van der Waals surface area contributed by atoms with Crippen LogP contribution in [0.5, 0.6) is 11.5 Å². The summed E-state index contributed by atoms with van der Waals surface area (Å²) in [7, 11) is 3.16. The third kappa shape index (κ3) is 2.48. The molecular weight excluding hydrogens is 304 g/mol. The number of aromatic amines is 1. The SMILES string of the molecule is COc1ccc2ccc(OC)c(-c3cc(C)[nH]c(=O)c3C#N)c2c1. The molecule has 0 spiro atoms.